The highest BCUT2D eigenvalue weighted by Crippen LogP contribution is 2.34. The summed E-state index contributed by atoms with van der Waals surface area (Å²) >= 11 is 0. The lowest BCUT2D eigenvalue weighted by molar-refractivity contribution is -0.174. The Morgan fingerprint density at radius 2 is 1.41 bits per heavy atom. The van der Waals surface area contributed by atoms with Crippen LogP contribution < -0.4 is 10.6 Å². The SMILES string of the molecule is C=CCNC(=O)[C@@H]1OC(C)(CCCC(C)CCCC(C)C)O[C@H]1C(=O)NCC=C. The number of rotatable bonds is 14. The molecule has 1 unspecified atom stereocenters. The molecule has 2 N–H and O–H groups in total. The number of carbonyl (C=O) groups excluding carboxylic acids is 2. The molecule has 0 aromatic carbocycles. The van der Waals surface area contributed by atoms with Crippen molar-refractivity contribution in [1.29, 1.82) is 0 Å². The van der Waals surface area contributed by atoms with Gasteiger partial charge in [-0.05, 0) is 25.2 Å². The van der Waals surface area contributed by atoms with Gasteiger partial charge in [0.05, 0.1) is 0 Å². The zero-order valence-corrected chi connectivity index (χ0v) is 18.7. The fraction of sp³-hybridized carbons (Fsp3) is 0.739. The molecule has 1 heterocycles. The first-order valence-corrected chi connectivity index (χ1v) is 10.8. The normalized spacial score (nSPS) is 21.6. The maximum Gasteiger partial charge on any atom is 0.252 e. The van der Waals surface area contributed by atoms with E-state index >= 15 is 0 Å². The quantitative estimate of drug-likeness (QED) is 0.430. The molecule has 0 radical (unpaired) electrons. The predicted molar refractivity (Wildman–Crippen MR) is 116 cm³/mol. The number of hydrogen-bond donors (Lipinski definition) is 2. The molecule has 3 atom stereocenters. The minimum Gasteiger partial charge on any atom is -0.350 e. The highest BCUT2D eigenvalue weighted by atomic mass is 16.8. The first-order valence-electron chi connectivity index (χ1n) is 10.8. The first-order chi connectivity index (χ1) is 13.7. The average molecular weight is 409 g/mol. The van der Waals surface area contributed by atoms with Gasteiger partial charge in [-0.3, -0.25) is 9.59 Å². The minimum atomic E-state index is -0.978. The molecule has 1 saturated heterocycles. The van der Waals surface area contributed by atoms with Crippen molar-refractivity contribution in [3.05, 3.63) is 25.3 Å². The van der Waals surface area contributed by atoms with E-state index in [2.05, 4.69) is 44.6 Å². The van der Waals surface area contributed by atoms with Gasteiger partial charge in [-0.1, -0.05) is 58.6 Å². The summed E-state index contributed by atoms with van der Waals surface area (Å²) < 4.78 is 11.9. The predicted octanol–water partition coefficient (Wildman–Crippen LogP) is 3.72. The van der Waals surface area contributed by atoms with Crippen molar-refractivity contribution >= 4 is 11.8 Å². The zero-order chi connectivity index (χ0) is 21.9. The van der Waals surface area contributed by atoms with Crippen molar-refractivity contribution in [2.75, 3.05) is 13.1 Å². The van der Waals surface area contributed by atoms with Crippen molar-refractivity contribution in [3.63, 3.8) is 0 Å². The highest BCUT2D eigenvalue weighted by Gasteiger charge is 2.50. The van der Waals surface area contributed by atoms with Gasteiger partial charge in [-0.2, -0.15) is 0 Å². The topological polar surface area (TPSA) is 76.7 Å². The number of carbonyl (C=O) groups is 2. The van der Waals surface area contributed by atoms with Crippen molar-refractivity contribution in [1.82, 2.24) is 10.6 Å². The number of ether oxygens (including phenoxy) is 2. The second kappa shape index (κ2) is 12.8. The number of nitrogens with one attached hydrogen (secondary N) is 2. The van der Waals surface area contributed by atoms with E-state index in [-0.39, 0.29) is 11.8 Å². The Balaban J connectivity index is 2.62. The molecule has 0 spiro atoms. The van der Waals surface area contributed by atoms with Gasteiger partial charge in [0, 0.05) is 19.5 Å². The van der Waals surface area contributed by atoms with Crippen LogP contribution in [0.3, 0.4) is 0 Å². The van der Waals surface area contributed by atoms with Crippen molar-refractivity contribution < 1.29 is 19.1 Å². The van der Waals surface area contributed by atoms with Crippen LogP contribution in [0.5, 0.6) is 0 Å². The van der Waals surface area contributed by atoms with Gasteiger partial charge in [0.25, 0.3) is 11.8 Å². The molecule has 1 aliphatic heterocycles. The van der Waals surface area contributed by atoms with Gasteiger partial charge in [0.2, 0.25) is 0 Å². The van der Waals surface area contributed by atoms with Gasteiger partial charge in [-0.25, -0.2) is 0 Å². The average Bonchev–Trinajstić information content (AvgIpc) is 3.02. The van der Waals surface area contributed by atoms with Crippen LogP contribution in [0.1, 0.15) is 66.2 Å². The molecular formula is C23H40N2O4. The van der Waals surface area contributed by atoms with E-state index in [1.807, 2.05) is 6.92 Å². The molecule has 0 aliphatic carbocycles. The summed E-state index contributed by atoms with van der Waals surface area (Å²) in [6.07, 6.45) is 7.57. The Morgan fingerprint density at radius 1 is 0.931 bits per heavy atom. The second-order valence-electron chi connectivity index (χ2n) is 8.60. The Kier molecular flexibility index (Phi) is 11.2. The van der Waals surface area contributed by atoms with E-state index in [9.17, 15) is 9.59 Å². The molecule has 0 aromatic heterocycles. The maximum atomic E-state index is 12.5. The Hall–Kier alpha value is -1.66. The largest absolute Gasteiger partial charge is 0.350 e. The first kappa shape index (κ1) is 25.4. The lowest BCUT2D eigenvalue weighted by Gasteiger charge is -2.24. The highest BCUT2D eigenvalue weighted by molar-refractivity contribution is 5.91. The Morgan fingerprint density at radius 3 is 1.86 bits per heavy atom. The molecule has 166 valence electrons. The van der Waals surface area contributed by atoms with Crippen LogP contribution in [0.25, 0.3) is 0 Å². The molecular weight excluding hydrogens is 368 g/mol. The van der Waals surface area contributed by atoms with E-state index < -0.39 is 18.0 Å². The molecule has 29 heavy (non-hydrogen) atoms. The maximum absolute atomic E-state index is 12.5. The van der Waals surface area contributed by atoms with Crippen molar-refractivity contribution in [2.24, 2.45) is 11.8 Å². The fourth-order valence-electron chi connectivity index (χ4n) is 3.53. The van der Waals surface area contributed by atoms with E-state index in [1.54, 1.807) is 12.2 Å². The number of hydrogen-bond acceptors (Lipinski definition) is 4. The van der Waals surface area contributed by atoms with E-state index in [0.717, 1.165) is 18.8 Å². The van der Waals surface area contributed by atoms with Crippen LogP contribution >= 0.6 is 0 Å². The van der Waals surface area contributed by atoms with E-state index in [1.165, 1.54) is 19.3 Å². The third kappa shape index (κ3) is 9.13. The van der Waals surface area contributed by atoms with E-state index in [4.69, 9.17) is 9.47 Å². The van der Waals surface area contributed by atoms with Crippen LogP contribution in [0.15, 0.2) is 25.3 Å². The number of amides is 2. The lowest BCUT2D eigenvalue weighted by Crippen LogP contribution is -2.47. The molecule has 1 aliphatic rings. The molecule has 1 fully saturated rings. The smallest absolute Gasteiger partial charge is 0.252 e. The van der Waals surface area contributed by atoms with E-state index in [0.29, 0.717) is 25.4 Å². The van der Waals surface area contributed by atoms with Gasteiger partial charge < -0.3 is 20.1 Å². The van der Waals surface area contributed by atoms with Crippen molar-refractivity contribution in [3.8, 4) is 0 Å². The summed E-state index contributed by atoms with van der Waals surface area (Å²) in [4.78, 5) is 24.9. The Labute approximate surface area is 176 Å². The molecule has 6 nitrogen and oxygen atoms in total. The van der Waals surface area contributed by atoms with Gasteiger partial charge in [-0.15, -0.1) is 13.2 Å². The Bertz CT molecular complexity index is 515. The third-order valence-corrected chi connectivity index (χ3v) is 5.19. The monoisotopic (exact) mass is 408 g/mol. The van der Waals surface area contributed by atoms with Crippen LogP contribution in [-0.4, -0.2) is 42.9 Å². The molecule has 1 rings (SSSR count). The van der Waals surface area contributed by atoms with Gasteiger partial charge in [0.15, 0.2) is 18.0 Å². The fourth-order valence-corrected chi connectivity index (χ4v) is 3.53. The minimum absolute atomic E-state index is 0.310. The zero-order valence-electron chi connectivity index (χ0n) is 18.7. The van der Waals surface area contributed by atoms with Crippen LogP contribution in [0, 0.1) is 11.8 Å². The third-order valence-electron chi connectivity index (χ3n) is 5.19. The summed E-state index contributed by atoms with van der Waals surface area (Å²) in [6.45, 7) is 16.4. The van der Waals surface area contributed by atoms with Gasteiger partial charge >= 0.3 is 0 Å². The molecule has 0 bridgehead atoms. The van der Waals surface area contributed by atoms with Gasteiger partial charge in [0.1, 0.15) is 0 Å². The summed E-state index contributed by atoms with van der Waals surface area (Å²) in [6, 6.07) is 0. The second-order valence-corrected chi connectivity index (χ2v) is 8.60. The summed E-state index contributed by atoms with van der Waals surface area (Å²) in [7, 11) is 0. The van der Waals surface area contributed by atoms with Crippen molar-refractivity contribution in [2.45, 2.75) is 84.2 Å². The molecule has 2 amide bonds. The molecule has 0 aromatic rings. The van der Waals surface area contributed by atoms with Crippen LogP contribution in [0.4, 0.5) is 0 Å². The molecule has 6 heteroatoms. The lowest BCUT2D eigenvalue weighted by atomic mass is 9.94. The van der Waals surface area contributed by atoms with Crippen LogP contribution in [-0.2, 0) is 19.1 Å². The molecule has 0 saturated carbocycles. The van der Waals surface area contributed by atoms with Crippen LogP contribution in [0.2, 0.25) is 0 Å². The standard InChI is InChI=1S/C23H40N2O4/c1-7-15-24-21(26)19-20(22(27)25-16-8-2)29-23(6,28-19)14-10-13-18(5)12-9-11-17(3)4/h7-8,17-20H,1-2,9-16H2,3-6H3,(H,24,26)(H,25,27)/t18?,19-,20-/m1/s1. The summed E-state index contributed by atoms with van der Waals surface area (Å²) in [5.74, 6) is -0.306. The summed E-state index contributed by atoms with van der Waals surface area (Å²) in [5, 5.41) is 5.39. The summed E-state index contributed by atoms with van der Waals surface area (Å²) in [5.41, 5.74) is 0.